The van der Waals surface area contributed by atoms with Gasteiger partial charge in [0.2, 0.25) is 11.8 Å². The first kappa shape index (κ1) is 34.4. The van der Waals surface area contributed by atoms with Crippen LogP contribution in [0.5, 0.6) is 0 Å². The van der Waals surface area contributed by atoms with E-state index in [4.69, 9.17) is 4.74 Å². The smallest absolute Gasteiger partial charge is 0.253 e. The predicted octanol–water partition coefficient (Wildman–Crippen LogP) is 4.80. The number of likely N-dealkylation sites (tertiary alicyclic amines) is 1. The normalized spacial score (nSPS) is 26.5. The Bertz CT molecular complexity index is 1460. The van der Waals surface area contributed by atoms with Gasteiger partial charge in [-0.3, -0.25) is 14.4 Å². The van der Waals surface area contributed by atoms with Crippen molar-refractivity contribution in [1.29, 1.82) is 0 Å². The quantitative estimate of drug-likeness (QED) is 0.281. The molecule has 3 heterocycles. The van der Waals surface area contributed by atoms with Crippen molar-refractivity contribution in [2.45, 2.75) is 76.8 Å². The fourth-order valence-corrected chi connectivity index (χ4v) is 8.29. The van der Waals surface area contributed by atoms with E-state index in [1.54, 1.807) is 28.9 Å². The van der Waals surface area contributed by atoms with E-state index in [9.17, 15) is 19.5 Å². The molecule has 2 bridgehead atoms. The summed E-state index contributed by atoms with van der Waals surface area (Å²) in [7, 11) is 0. The molecule has 2 aromatic carbocycles. The van der Waals surface area contributed by atoms with Gasteiger partial charge in [-0.15, -0.1) is 13.2 Å². The van der Waals surface area contributed by atoms with Gasteiger partial charge in [-0.2, -0.15) is 0 Å². The molecule has 0 aromatic heterocycles. The van der Waals surface area contributed by atoms with Gasteiger partial charge in [0, 0.05) is 44.1 Å². The first-order valence-electron chi connectivity index (χ1n) is 17.0. The summed E-state index contributed by atoms with van der Waals surface area (Å²) in [6, 6.07) is 15.9. The van der Waals surface area contributed by atoms with Gasteiger partial charge in [-0.25, -0.2) is 0 Å². The number of aliphatic hydroxyl groups is 1. The van der Waals surface area contributed by atoms with Gasteiger partial charge >= 0.3 is 0 Å². The fraction of sp³-hybridized carbons (Fsp3) is 0.500. The monoisotopic (exact) mass is 642 g/mol. The number of fused-ring (bicyclic) bond motifs is 1. The Morgan fingerprint density at radius 3 is 2.19 bits per heavy atom. The molecule has 0 aliphatic carbocycles. The van der Waals surface area contributed by atoms with Crippen LogP contribution in [-0.2, 0) is 25.7 Å². The lowest BCUT2D eigenvalue weighted by molar-refractivity contribution is -0.153. The molecule has 3 saturated heterocycles. The number of amides is 3. The van der Waals surface area contributed by atoms with Gasteiger partial charge in [0.1, 0.15) is 11.6 Å². The van der Waals surface area contributed by atoms with E-state index in [1.165, 1.54) is 4.90 Å². The van der Waals surface area contributed by atoms with Gasteiger partial charge in [-0.05, 0) is 69.9 Å². The summed E-state index contributed by atoms with van der Waals surface area (Å²) in [5.41, 5.74) is 0.621. The minimum Gasteiger partial charge on any atom is -0.394 e. The molecule has 47 heavy (non-hydrogen) atoms. The minimum absolute atomic E-state index is 0.171. The molecule has 0 saturated carbocycles. The Labute approximate surface area is 279 Å². The van der Waals surface area contributed by atoms with Gasteiger partial charge in [0.25, 0.3) is 5.91 Å². The fourth-order valence-electron chi connectivity index (χ4n) is 8.29. The number of ether oxygens (including phenoxy) is 1. The first-order chi connectivity index (χ1) is 22.7. The second-order valence-corrected chi connectivity index (χ2v) is 13.0. The summed E-state index contributed by atoms with van der Waals surface area (Å²) in [5.74, 6) is -2.42. The molecular weight excluding hydrogens is 592 g/mol. The first-order valence-corrected chi connectivity index (χ1v) is 17.0. The zero-order valence-corrected chi connectivity index (χ0v) is 28.3. The maximum atomic E-state index is 14.9. The predicted molar refractivity (Wildman–Crippen MR) is 185 cm³/mol. The molecule has 3 amide bonds. The van der Waals surface area contributed by atoms with E-state index in [2.05, 4.69) is 31.9 Å². The number of carbonyl (C=O) groups excluding carboxylic acids is 3. The van der Waals surface area contributed by atoms with Crippen LogP contribution in [0.3, 0.4) is 0 Å². The van der Waals surface area contributed by atoms with E-state index >= 15 is 0 Å². The maximum absolute atomic E-state index is 14.9. The van der Waals surface area contributed by atoms with Crippen molar-refractivity contribution in [1.82, 2.24) is 9.80 Å². The van der Waals surface area contributed by atoms with Crippen LogP contribution in [0.2, 0.25) is 0 Å². The summed E-state index contributed by atoms with van der Waals surface area (Å²) in [4.78, 5) is 51.4. The molecule has 6 atom stereocenters. The van der Waals surface area contributed by atoms with Crippen molar-refractivity contribution < 1.29 is 24.2 Å². The van der Waals surface area contributed by atoms with E-state index in [1.807, 2.05) is 61.5 Å². The van der Waals surface area contributed by atoms with E-state index < -0.39 is 35.1 Å². The molecule has 9 nitrogen and oxygen atoms in total. The Morgan fingerprint density at radius 2 is 1.62 bits per heavy atom. The van der Waals surface area contributed by atoms with Crippen molar-refractivity contribution >= 4 is 29.1 Å². The number of hydrogen-bond donors (Lipinski definition) is 1. The van der Waals surface area contributed by atoms with Crippen LogP contribution in [0.1, 0.15) is 52.5 Å². The number of aliphatic hydroxyl groups excluding tert-OH is 1. The topological polar surface area (TPSA) is 93.6 Å². The minimum atomic E-state index is -1.21. The lowest BCUT2D eigenvalue weighted by Crippen LogP contribution is -2.58. The second kappa shape index (κ2) is 14.0. The van der Waals surface area contributed by atoms with E-state index in [0.717, 1.165) is 24.3 Å². The van der Waals surface area contributed by atoms with Crippen LogP contribution in [0, 0.1) is 11.8 Å². The molecule has 3 aliphatic heterocycles. The molecule has 3 fully saturated rings. The summed E-state index contributed by atoms with van der Waals surface area (Å²) in [5, 5.41) is 10.4. The van der Waals surface area contributed by atoms with Crippen molar-refractivity contribution in [3.05, 3.63) is 85.5 Å². The molecule has 1 N–H and O–H groups in total. The van der Waals surface area contributed by atoms with Gasteiger partial charge in [0.05, 0.1) is 30.1 Å². The van der Waals surface area contributed by atoms with E-state index in [0.29, 0.717) is 38.0 Å². The van der Waals surface area contributed by atoms with Crippen molar-refractivity contribution in [3.8, 4) is 0 Å². The van der Waals surface area contributed by atoms with Crippen LogP contribution in [0.15, 0.2) is 79.9 Å². The third-order valence-corrected chi connectivity index (χ3v) is 10.6. The summed E-state index contributed by atoms with van der Waals surface area (Å²) in [6.45, 7) is 18.1. The Hall–Kier alpha value is -3.95. The van der Waals surface area contributed by atoms with Crippen LogP contribution < -0.4 is 9.80 Å². The second-order valence-electron chi connectivity index (χ2n) is 13.0. The molecule has 5 rings (SSSR count). The zero-order chi connectivity index (χ0) is 33.9. The highest BCUT2D eigenvalue weighted by molar-refractivity contribution is 6.05. The van der Waals surface area contributed by atoms with Crippen molar-refractivity contribution in [2.75, 3.05) is 42.6 Å². The maximum Gasteiger partial charge on any atom is 0.253 e. The van der Waals surface area contributed by atoms with Crippen LogP contribution >= 0.6 is 0 Å². The number of benzene rings is 2. The molecule has 0 radical (unpaired) electrons. The lowest BCUT2D eigenvalue weighted by atomic mass is 9.64. The van der Waals surface area contributed by atoms with Crippen LogP contribution in [-0.4, -0.2) is 88.7 Å². The molecule has 2 aromatic rings. The van der Waals surface area contributed by atoms with Gasteiger partial charge in [-0.1, -0.05) is 49.4 Å². The Morgan fingerprint density at radius 1 is 0.979 bits per heavy atom. The average molecular weight is 643 g/mol. The highest BCUT2D eigenvalue weighted by atomic mass is 16.5. The number of carbonyl (C=O) groups is 3. The SMILES string of the molecule is C=CCN(Cc1ccccc1)C(=O)[C@@H]1[C@H]2C(=O)N([C@H](C)CO)C(C(=O)N(CC=C)c3ccc(N(CC)CC)cc3)C23CC[C@@]1(CC)O3. The van der Waals surface area contributed by atoms with E-state index in [-0.39, 0.29) is 30.9 Å². The third kappa shape index (κ3) is 5.78. The standard InChI is InChI=1S/C38H50N4O5/c1-7-23-40(25-28-15-13-12-14-16-28)34(44)31-32-35(45)42(27(6)26-43)33(38(32)22-21-37(31,9-3)47-38)36(46)41(24-8-2)30-19-17-29(18-20-30)39(10-4)11-5/h7-8,12-20,27,31-33,43H,1-2,9-11,21-26H2,3-6H3/t27-,31+,32+,33?,37-,38?/m1/s1. The number of rotatable bonds is 15. The molecule has 2 unspecified atom stereocenters. The highest BCUT2D eigenvalue weighted by Crippen LogP contribution is 2.65. The van der Waals surface area contributed by atoms with Gasteiger partial charge in [0.15, 0.2) is 0 Å². The van der Waals surface area contributed by atoms with Gasteiger partial charge < -0.3 is 29.4 Å². The zero-order valence-electron chi connectivity index (χ0n) is 28.3. The average Bonchev–Trinajstić information content (AvgIpc) is 3.71. The number of nitrogens with zero attached hydrogens (tertiary/aromatic N) is 4. The molecule has 1 spiro atoms. The summed E-state index contributed by atoms with van der Waals surface area (Å²) < 4.78 is 7.01. The molecule has 9 heteroatoms. The van der Waals surface area contributed by atoms with Crippen LogP contribution in [0.4, 0.5) is 11.4 Å². The largest absolute Gasteiger partial charge is 0.394 e. The summed E-state index contributed by atoms with van der Waals surface area (Å²) >= 11 is 0. The van der Waals surface area contributed by atoms with Crippen LogP contribution in [0.25, 0.3) is 0 Å². The molecule has 252 valence electrons. The van der Waals surface area contributed by atoms with Crippen molar-refractivity contribution in [2.24, 2.45) is 11.8 Å². The number of anilines is 2. The van der Waals surface area contributed by atoms with Crippen molar-refractivity contribution in [3.63, 3.8) is 0 Å². The Balaban J connectivity index is 1.56. The molecule has 3 aliphatic rings. The number of hydrogen-bond acceptors (Lipinski definition) is 6. The Kier molecular flexibility index (Phi) is 10.3. The molecular formula is C38H50N4O5. The highest BCUT2D eigenvalue weighted by Gasteiger charge is 2.79. The summed E-state index contributed by atoms with van der Waals surface area (Å²) in [6.07, 6.45) is 4.93. The lowest BCUT2D eigenvalue weighted by Gasteiger charge is -2.38. The third-order valence-electron chi connectivity index (χ3n) is 10.6.